The second kappa shape index (κ2) is 10.6. The number of anilines is 1. The highest BCUT2D eigenvalue weighted by Gasteiger charge is 2.38. The molecule has 1 saturated carbocycles. The van der Waals surface area contributed by atoms with Crippen LogP contribution >= 0.6 is 0 Å². The molecular weight excluding hydrogens is 456 g/mol. The van der Waals surface area contributed by atoms with Crippen LogP contribution < -0.4 is 5.32 Å². The van der Waals surface area contributed by atoms with E-state index in [1.54, 1.807) is 0 Å². The van der Waals surface area contributed by atoms with Gasteiger partial charge in [-0.05, 0) is 69.0 Å². The number of hydrogen-bond acceptors (Lipinski definition) is 2. The van der Waals surface area contributed by atoms with E-state index in [4.69, 9.17) is 0 Å². The number of rotatable bonds is 2. The van der Waals surface area contributed by atoms with Crippen LogP contribution in [-0.4, -0.2) is 54.0 Å². The summed E-state index contributed by atoms with van der Waals surface area (Å²) < 4.78 is 26.8. The summed E-state index contributed by atoms with van der Waals surface area (Å²) in [6.45, 7) is 5.58. The molecule has 3 aliphatic rings. The minimum Gasteiger partial charge on any atom is -0.323 e. The highest BCUT2D eigenvalue weighted by molar-refractivity contribution is 5.89. The first kappa shape index (κ1) is 24.8. The molecule has 0 unspecified atom stereocenters. The molecule has 2 aliphatic heterocycles. The van der Waals surface area contributed by atoms with Gasteiger partial charge in [0.2, 0.25) is 5.92 Å². The van der Waals surface area contributed by atoms with E-state index < -0.39 is 5.92 Å². The molecule has 4 nitrogen and oxygen atoms in total. The van der Waals surface area contributed by atoms with Crippen LogP contribution in [0.4, 0.5) is 19.3 Å². The predicted octanol–water partition coefficient (Wildman–Crippen LogP) is 6.27. The lowest BCUT2D eigenvalue weighted by molar-refractivity contribution is -0.0402. The van der Waals surface area contributed by atoms with Gasteiger partial charge in [0.05, 0.1) is 0 Å². The zero-order valence-electron chi connectivity index (χ0n) is 21.0. The Labute approximate surface area is 213 Å². The second-order valence-corrected chi connectivity index (χ2v) is 10.6. The molecule has 2 aromatic rings. The summed E-state index contributed by atoms with van der Waals surface area (Å²) in [4.78, 5) is 17.6. The number of alkyl halides is 2. The Balaban J connectivity index is 1.23. The summed E-state index contributed by atoms with van der Waals surface area (Å²) in [5.74, 6) is 4.36. The number of carbonyl (C=O) groups excluding carboxylic acids is 1. The number of nitrogens with one attached hydrogen (secondary N) is 1. The number of halogens is 2. The lowest BCUT2D eigenvalue weighted by Gasteiger charge is -2.30. The largest absolute Gasteiger partial charge is 0.323 e. The van der Waals surface area contributed by atoms with Crippen LogP contribution in [0.1, 0.15) is 61.1 Å². The minimum absolute atomic E-state index is 0.0301. The van der Waals surface area contributed by atoms with E-state index in [1.165, 1.54) is 11.1 Å². The van der Waals surface area contributed by atoms with Crippen molar-refractivity contribution >= 4 is 11.7 Å². The number of urea groups is 1. The molecule has 1 N–H and O–H groups in total. The van der Waals surface area contributed by atoms with Crippen LogP contribution in [0.2, 0.25) is 0 Å². The molecular formula is C30H35F2N3O. The van der Waals surface area contributed by atoms with Gasteiger partial charge in [-0.15, -0.1) is 0 Å². The van der Waals surface area contributed by atoms with E-state index in [9.17, 15) is 13.6 Å². The third-order valence-corrected chi connectivity index (χ3v) is 8.01. The molecule has 0 aromatic heterocycles. The SMILES string of the molecule is Cc1ccc(NC(=O)N2CCCN3CC[C@H](c4ccc(C#CC5CCC(F)(F)CC5)cc4)[C@@H]3C2)cc1. The average molecular weight is 492 g/mol. The summed E-state index contributed by atoms with van der Waals surface area (Å²) in [5, 5.41) is 3.07. The van der Waals surface area contributed by atoms with Crippen LogP contribution in [0.3, 0.4) is 0 Å². The summed E-state index contributed by atoms with van der Waals surface area (Å²) in [6, 6.07) is 16.6. The van der Waals surface area contributed by atoms with Gasteiger partial charge in [0.1, 0.15) is 0 Å². The van der Waals surface area contributed by atoms with Gasteiger partial charge < -0.3 is 10.2 Å². The number of carbonyl (C=O) groups is 1. The topological polar surface area (TPSA) is 35.6 Å². The van der Waals surface area contributed by atoms with E-state index in [0.29, 0.717) is 24.8 Å². The van der Waals surface area contributed by atoms with E-state index in [-0.39, 0.29) is 24.8 Å². The molecule has 0 spiro atoms. The first-order valence-corrected chi connectivity index (χ1v) is 13.2. The molecule has 5 rings (SSSR count). The van der Waals surface area contributed by atoms with Gasteiger partial charge in [-0.3, -0.25) is 4.90 Å². The molecule has 1 aliphatic carbocycles. The summed E-state index contributed by atoms with van der Waals surface area (Å²) in [6.07, 6.45) is 2.92. The van der Waals surface area contributed by atoms with E-state index in [2.05, 4.69) is 46.3 Å². The van der Waals surface area contributed by atoms with Crippen molar-refractivity contribution in [3.8, 4) is 11.8 Å². The zero-order valence-corrected chi connectivity index (χ0v) is 21.0. The zero-order chi connectivity index (χ0) is 25.1. The van der Waals surface area contributed by atoms with Crippen LogP contribution in [0.25, 0.3) is 0 Å². The lowest BCUT2D eigenvalue weighted by Crippen LogP contribution is -2.43. The third kappa shape index (κ3) is 5.90. The number of nitrogens with zero attached hydrogens (tertiary/aromatic N) is 2. The normalized spacial score (nSPS) is 24.4. The van der Waals surface area contributed by atoms with E-state index >= 15 is 0 Å². The second-order valence-electron chi connectivity index (χ2n) is 10.6. The standard InChI is InChI=1S/C30H35F2N3O/c1-22-3-11-26(12-4-22)33-29(36)35-19-2-18-34-20-15-27(28(34)21-35)25-9-7-23(8-10-25)5-6-24-13-16-30(31,32)17-14-24/h3-4,7-12,24,27-28H,2,13-21H2,1H3,(H,33,36)/t27-,28+/m1/s1. The van der Waals surface area contributed by atoms with Gasteiger partial charge in [-0.1, -0.05) is 41.7 Å². The predicted molar refractivity (Wildman–Crippen MR) is 139 cm³/mol. The van der Waals surface area contributed by atoms with Crippen molar-refractivity contribution in [3.63, 3.8) is 0 Å². The van der Waals surface area contributed by atoms with Crippen molar-refractivity contribution in [2.24, 2.45) is 5.92 Å². The quantitative estimate of drug-likeness (QED) is 0.503. The molecule has 36 heavy (non-hydrogen) atoms. The number of amides is 2. The Morgan fingerprint density at radius 3 is 2.42 bits per heavy atom. The molecule has 0 bridgehead atoms. The minimum atomic E-state index is -2.51. The molecule has 190 valence electrons. The number of aryl methyl sites for hydroxylation is 1. The van der Waals surface area contributed by atoms with Crippen molar-refractivity contribution in [1.29, 1.82) is 0 Å². The van der Waals surface area contributed by atoms with Gasteiger partial charge in [0.25, 0.3) is 0 Å². The Morgan fingerprint density at radius 2 is 1.69 bits per heavy atom. The summed E-state index contributed by atoms with van der Waals surface area (Å²) in [5.41, 5.74) is 4.22. The smallest absolute Gasteiger partial charge is 0.321 e. The number of hydrogen-bond donors (Lipinski definition) is 1. The number of benzene rings is 2. The molecule has 2 amide bonds. The van der Waals surface area contributed by atoms with Crippen LogP contribution in [-0.2, 0) is 0 Å². The van der Waals surface area contributed by atoms with Gasteiger partial charge in [0, 0.05) is 61.6 Å². The third-order valence-electron chi connectivity index (χ3n) is 8.01. The Kier molecular flexibility index (Phi) is 7.29. The van der Waals surface area contributed by atoms with Gasteiger partial charge in [0.15, 0.2) is 0 Å². The van der Waals surface area contributed by atoms with Crippen LogP contribution in [0, 0.1) is 24.7 Å². The maximum Gasteiger partial charge on any atom is 0.321 e. The fourth-order valence-corrected chi connectivity index (χ4v) is 5.82. The highest BCUT2D eigenvalue weighted by Crippen LogP contribution is 2.37. The molecule has 0 radical (unpaired) electrons. The van der Waals surface area contributed by atoms with E-state index in [0.717, 1.165) is 50.3 Å². The van der Waals surface area contributed by atoms with Crippen molar-refractivity contribution in [1.82, 2.24) is 9.80 Å². The monoisotopic (exact) mass is 491 g/mol. The first-order chi connectivity index (χ1) is 17.4. The Morgan fingerprint density at radius 1 is 0.972 bits per heavy atom. The maximum atomic E-state index is 13.4. The molecule has 2 saturated heterocycles. The lowest BCUT2D eigenvalue weighted by atomic mass is 9.87. The maximum absolute atomic E-state index is 13.4. The first-order valence-electron chi connectivity index (χ1n) is 13.2. The van der Waals surface area contributed by atoms with Crippen molar-refractivity contribution in [2.75, 3.05) is 31.5 Å². The van der Waals surface area contributed by atoms with Crippen LogP contribution in [0.15, 0.2) is 48.5 Å². The molecule has 2 heterocycles. The molecule has 2 atom stereocenters. The van der Waals surface area contributed by atoms with Crippen molar-refractivity contribution in [2.45, 2.75) is 63.3 Å². The van der Waals surface area contributed by atoms with Crippen LogP contribution in [0.5, 0.6) is 0 Å². The molecule has 3 fully saturated rings. The van der Waals surface area contributed by atoms with Crippen molar-refractivity contribution < 1.29 is 13.6 Å². The Hall–Kier alpha value is -2.91. The van der Waals surface area contributed by atoms with E-state index in [1.807, 2.05) is 36.1 Å². The fraction of sp³-hybridized carbons (Fsp3) is 0.500. The Bertz CT molecular complexity index is 1110. The molecule has 6 heteroatoms. The summed E-state index contributed by atoms with van der Waals surface area (Å²) >= 11 is 0. The van der Waals surface area contributed by atoms with Crippen molar-refractivity contribution in [3.05, 3.63) is 65.2 Å². The van der Waals surface area contributed by atoms with Gasteiger partial charge in [-0.25, -0.2) is 13.6 Å². The summed E-state index contributed by atoms with van der Waals surface area (Å²) in [7, 11) is 0. The van der Waals surface area contributed by atoms with Gasteiger partial charge >= 0.3 is 6.03 Å². The number of fused-ring (bicyclic) bond motifs is 1. The fourth-order valence-electron chi connectivity index (χ4n) is 5.82. The highest BCUT2D eigenvalue weighted by atomic mass is 19.3. The molecule has 2 aromatic carbocycles. The average Bonchev–Trinajstić information content (AvgIpc) is 3.14. The van der Waals surface area contributed by atoms with Gasteiger partial charge in [-0.2, -0.15) is 0 Å².